The molecular formula is C15H27N3. The lowest BCUT2D eigenvalue weighted by Crippen LogP contribution is -2.35. The van der Waals surface area contributed by atoms with E-state index in [1.54, 1.807) is 0 Å². The van der Waals surface area contributed by atoms with Gasteiger partial charge in [-0.2, -0.15) is 5.10 Å². The van der Waals surface area contributed by atoms with Gasteiger partial charge in [0.15, 0.2) is 0 Å². The Kier molecular flexibility index (Phi) is 4.10. The molecule has 0 amide bonds. The third-order valence-electron chi connectivity index (χ3n) is 4.53. The number of rotatable bonds is 5. The predicted molar refractivity (Wildman–Crippen MR) is 75.4 cm³/mol. The van der Waals surface area contributed by atoms with Crippen LogP contribution < -0.4 is 5.32 Å². The molecule has 1 heterocycles. The van der Waals surface area contributed by atoms with Gasteiger partial charge in [-0.25, -0.2) is 0 Å². The summed E-state index contributed by atoms with van der Waals surface area (Å²) in [4.78, 5) is 0. The summed E-state index contributed by atoms with van der Waals surface area (Å²) >= 11 is 0. The topological polar surface area (TPSA) is 29.9 Å². The van der Waals surface area contributed by atoms with Crippen LogP contribution in [0.4, 0.5) is 0 Å². The number of aromatic nitrogens is 2. The van der Waals surface area contributed by atoms with E-state index in [1.807, 2.05) is 10.9 Å². The summed E-state index contributed by atoms with van der Waals surface area (Å²) in [7, 11) is 2.05. The lowest BCUT2D eigenvalue weighted by molar-refractivity contribution is 0.192. The van der Waals surface area contributed by atoms with Gasteiger partial charge in [-0.1, -0.05) is 27.2 Å². The summed E-state index contributed by atoms with van der Waals surface area (Å²) in [5.41, 5.74) is 1.78. The molecular weight excluding hydrogens is 222 g/mol. The molecule has 3 heteroatoms. The molecule has 0 aliphatic heterocycles. The van der Waals surface area contributed by atoms with Crippen molar-refractivity contribution in [2.45, 2.75) is 52.5 Å². The smallest absolute Gasteiger partial charge is 0.0553 e. The van der Waals surface area contributed by atoms with Crippen LogP contribution in [0, 0.1) is 11.3 Å². The first kappa shape index (κ1) is 13.6. The Bertz CT molecular complexity index is 381. The van der Waals surface area contributed by atoms with E-state index < -0.39 is 0 Å². The average Bonchev–Trinajstić information content (AvgIpc) is 2.87. The lowest BCUT2D eigenvalue weighted by atomic mass is 9.76. The summed E-state index contributed by atoms with van der Waals surface area (Å²) in [5.74, 6) is 0.722. The summed E-state index contributed by atoms with van der Waals surface area (Å²) in [6, 6.07) is 2.62. The van der Waals surface area contributed by atoms with E-state index in [4.69, 9.17) is 0 Å². The Labute approximate surface area is 111 Å². The maximum atomic E-state index is 4.34. The van der Waals surface area contributed by atoms with E-state index in [0.29, 0.717) is 11.5 Å². The van der Waals surface area contributed by atoms with E-state index in [1.165, 1.54) is 31.4 Å². The number of nitrogens with one attached hydrogen (secondary N) is 1. The minimum absolute atomic E-state index is 0.440. The van der Waals surface area contributed by atoms with Crippen molar-refractivity contribution in [3.05, 3.63) is 18.0 Å². The highest BCUT2D eigenvalue weighted by Crippen LogP contribution is 2.48. The van der Waals surface area contributed by atoms with Crippen molar-refractivity contribution in [2.75, 3.05) is 6.54 Å². The van der Waals surface area contributed by atoms with Crippen molar-refractivity contribution in [2.24, 2.45) is 18.4 Å². The van der Waals surface area contributed by atoms with Gasteiger partial charge >= 0.3 is 0 Å². The third kappa shape index (κ3) is 2.61. The molecule has 102 valence electrons. The van der Waals surface area contributed by atoms with Crippen LogP contribution in [-0.4, -0.2) is 16.3 Å². The Morgan fingerprint density at radius 1 is 1.56 bits per heavy atom. The molecule has 1 fully saturated rings. The summed E-state index contributed by atoms with van der Waals surface area (Å²) in [5, 5.41) is 8.09. The molecule has 1 aromatic rings. The molecule has 2 rings (SSSR count). The molecule has 0 radical (unpaired) electrons. The van der Waals surface area contributed by atoms with Crippen molar-refractivity contribution in [3.63, 3.8) is 0 Å². The van der Waals surface area contributed by atoms with Gasteiger partial charge in [-0.3, -0.25) is 4.68 Å². The Balaban J connectivity index is 2.23. The summed E-state index contributed by atoms with van der Waals surface area (Å²) in [6.07, 6.45) is 7.14. The molecule has 0 spiro atoms. The Morgan fingerprint density at radius 2 is 2.33 bits per heavy atom. The standard InChI is InChI=1S/C15H27N3/c1-5-10-16-14(13-8-11-17-18(13)4)12-7-6-9-15(12,2)3/h8,11-12,14,16H,5-7,9-10H2,1-4H3. The molecule has 2 unspecified atom stereocenters. The van der Waals surface area contributed by atoms with Crippen LogP contribution in [0.5, 0.6) is 0 Å². The Morgan fingerprint density at radius 3 is 2.83 bits per heavy atom. The molecule has 0 bridgehead atoms. The normalized spacial score (nSPS) is 24.3. The van der Waals surface area contributed by atoms with E-state index in [-0.39, 0.29) is 0 Å². The zero-order valence-electron chi connectivity index (χ0n) is 12.2. The molecule has 1 aliphatic rings. The number of hydrogen-bond donors (Lipinski definition) is 1. The van der Waals surface area contributed by atoms with Gasteiger partial charge in [-0.15, -0.1) is 0 Å². The minimum atomic E-state index is 0.440. The van der Waals surface area contributed by atoms with Gasteiger partial charge in [0.2, 0.25) is 0 Å². The fourth-order valence-electron chi connectivity index (χ4n) is 3.41. The molecule has 1 N–H and O–H groups in total. The predicted octanol–water partition coefficient (Wildman–Crippen LogP) is 3.29. The van der Waals surface area contributed by atoms with Crippen molar-refractivity contribution < 1.29 is 0 Å². The van der Waals surface area contributed by atoms with Crippen LogP contribution in [0.25, 0.3) is 0 Å². The van der Waals surface area contributed by atoms with E-state index in [0.717, 1.165) is 12.5 Å². The average molecular weight is 249 g/mol. The molecule has 1 aromatic heterocycles. The zero-order chi connectivity index (χ0) is 13.2. The van der Waals surface area contributed by atoms with Crippen LogP contribution in [-0.2, 0) is 7.05 Å². The van der Waals surface area contributed by atoms with Gasteiger partial charge < -0.3 is 5.32 Å². The molecule has 2 atom stereocenters. The van der Waals surface area contributed by atoms with E-state index >= 15 is 0 Å². The maximum Gasteiger partial charge on any atom is 0.0553 e. The number of aryl methyl sites for hydroxylation is 1. The highest BCUT2D eigenvalue weighted by atomic mass is 15.3. The third-order valence-corrected chi connectivity index (χ3v) is 4.53. The summed E-state index contributed by atoms with van der Waals surface area (Å²) in [6.45, 7) is 8.15. The van der Waals surface area contributed by atoms with Crippen molar-refractivity contribution in [1.82, 2.24) is 15.1 Å². The quantitative estimate of drug-likeness (QED) is 0.868. The highest BCUT2D eigenvalue weighted by molar-refractivity contribution is 5.11. The van der Waals surface area contributed by atoms with Crippen LogP contribution in [0.2, 0.25) is 0 Å². The van der Waals surface area contributed by atoms with Crippen LogP contribution in [0.3, 0.4) is 0 Å². The van der Waals surface area contributed by atoms with Crippen LogP contribution >= 0.6 is 0 Å². The fourth-order valence-corrected chi connectivity index (χ4v) is 3.41. The first-order chi connectivity index (χ1) is 8.56. The SMILES string of the molecule is CCCNC(c1ccnn1C)C1CCCC1(C)C. The van der Waals surface area contributed by atoms with Crippen LogP contribution in [0.1, 0.15) is 58.2 Å². The number of hydrogen-bond acceptors (Lipinski definition) is 2. The van der Waals surface area contributed by atoms with Gasteiger partial charge in [0, 0.05) is 13.2 Å². The first-order valence-electron chi connectivity index (χ1n) is 7.27. The van der Waals surface area contributed by atoms with Gasteiger partial charge in [0.1, 0.15) is 0 Å². The molecule has 1 saturated carbocycles. The largest absolute Gasteiger partial charge is 0.308 e. The van der Waals surface area contributed by atoms with Crippen molar-refractivity contribution in [1.29, 1.82) is 0 Å². The second-order valence-electron chi connectivity index (χ2n) is 6.30. The molecule has 0 saturated heterocycles. The number of nitrogens with zero attached hydrogens (tertiary/aromatic N) is 2. The van der Waals surface area contributed by atoms with Gasteiger partial charge in [0.25, 0.3) is 0 Å². The fraction of sp³-hybridized carbons (Fsp3) is 0.800. The second-order valence-corrected chi connectivity index (χ2v) is 6.30. The molecule has 18 heavy (non-hydrogen) atoms. The van der Waals surface area contributed by atoms with E-state index in [2.05, 4.69) is 44.3 Å². The monoisotopic (exact) mass is 249 g/mol. The first-order valence-corrected chi connectivity index (χ1v) is 7.27. The molecule has 0 aromatic carbocycles. The highest BCUT2D eigenvalue weighted by Gasteiger charge is 2.40. The lowest BCUT2D eigenvalue weighted by Gasteiger charge is -2.35. The second kappa shape index (κ2) is 5.43. The molecule has 1 aliphatic carbocycles. The van der Waals surface area contributed by atoms with Gasteiger partial charge in [-0.05, 0) is 43.2 Å². The zero-order valence-corrected chi connectivity index (χ0v) is 12.2. The summed E-state index contributed by atoms with van der Waals surface area (Å²) < 4.78 is 2.03. The van der Waals surface area contributed by atoms with Gasteiger partial charge in [0.05, 0.1) is 11.7 Å². The van der Waals surface area contributed by atoms with Crippen molar-refractivity contribution in [3.8, 4) is 0 Å². The molecule has 3 nitrogen and oxygen atoms in total. The Hall–Kier alpha value is -0.830. The van der Waals surface area contributed by atoms with Crippen LogP contribution in [0.15, 0.2) is 12.3 Å². The minimum Gasteiger partial charge on any atom is -0.308 e. The van der Waals surface area contributed by atoms with Crippen molar-refractivity contribution >= 4 is 0 Å². The van der Waals surface area contributed by atoms with E-state index in [9.17, 15) is 0 Å². The maximum absolute atomic E-state index is 4.34.